The van der Waals surface area contributed by atoms with Gasteiger partial charge in [-0.1, -0.05) is 18.2 Å². The van der Waals surface area contributed by atoms with E-state index in [1.54, 1.807) is 18.2 Å². The number of hydrogen-bond donors (Lipinski definition) is 0. The van der Waals surface area contributed by atoms with Crippen molar-refractivity contribution in [2.45, 2.75) is 63.3 Å². The molecule has 182 valence electrons. The van der Waals surface area contributed by atoms with Gasteiger partial charge in [-0.05, 0) is 12.1 Å². The van der Waals surface area contributed by atoms with E-state index < -0.39 is 70.0 Å². The molecule has 0 aliphatic carbocycles. The van der Waals surface area contributed by atoms with Gasteiger partial charge in [-0.25, -0.2) is 4.21 Å². The second kappa shape index (κ2) is 11.5. The Balaban J connectivity index is 2.50. The average Bonchev–Trinajstić information content (AvgIpc) is 2.70. The summed E-state index contributed by atoms with van der Waals surface area (Å²) in [6.07, 6.45) is -7.18. The molecule has 0 N–H and O–H groups in total. The van der Waals surface area contributed by atoms with Crippen LogP contribution in [0.4, 0.5) is 0 Å². The van der Waals surface area contributed by atoms with E-state index in [0.29, 0.717) is 0 Å². The van der Waals surface area contributed by atoms with Crippen LogP contribution < -0.4 is 0 Å². The summed E-state index contributed by atoms with van der Waals surface area (Å²) >= 11 is 5.13. The molecule has 2 rings (SSSR count). The van der Waals surface area contributed by atoms with E-state index in [1.165, 1.54) is 12.1 Å². The van der Waals surface area contributed by atoms with Gasteiger partial charge in [-0.3, -0.25) is 23.4 Å². The predicted octanol–water partition coefficient (Wildman–Crippen LogP) is 0.806. The lowest BCUT2D eigenvalue weighted by molar-refractivity contribution is -0.287. The standard InChI is InChI=1S/C20H24O11S2/c1-11(21)26-10-16-17(27-12(2)22)18(28-13(3)23)19(29-14(4)24)20(30-16)31-33(25,32)15-8-6-5-7-9-15/h5-9,16-20H,10H2,1-4H3/t16-,17-,18+,19-,20+,33?/m1/s1. The highest BCUT2D eigenvalue weighted by Crippen LogP contribution is 2.31. The van der Waals surface area contributed by atoms with Crippen LogP contribution in [0, 0.1) is 0 Å². The van der Waals surface area contributed by atoms with Crippen LogP contribution in [0.5, 0.6) is 0 Å². The second-order valence-electron chi connectivity index (χ2n) is 6.93. The van der Waals surface area contributed by atoms with Gasteiger partial charge >= 0.3 is 23.9 Å². The molecule has 0 radical (unpaired) electrons. The zero-order chi connectivity index (χ0) is 24.8. The highest BCUT2D eigenvalue weighted by Gasteiger charge is 2.53. The lowest BCUT2D eigenvalue weighted by atomic mass is 9.98. The molecule has 33 heavy (non-hydrogen) atoms. The molecule has 0 amide bonds. The second-order valence-corrected chi connectivity index (χ2v) is 9.82. The maximum Gasteiger partial charge on any atom is 0.303 e. The van der Waals surface area contributed by atoms with Crippen LogP contribution in [-0.4, -0.2) is 65.4 Å². The molecule has 1 aliphatic rings. The number of carbonyl (C=O) groups excluding carboxylic acids is 4. The number of ether oxygens (including phenoxy) is 5. The summed E-state index contributed by atoms with van der Waals surface area (Å²) in [5, 5.41) is 0. The predicted molar refractivity (Wildman–Crippen MR) is 113 cm³/mol. The number of hydrogen-bond acceptors (Lipinski definition) is 12. The van der Waals surface area contributed by atoms with Crippen molar-refractivity contribution in [3.05, 3.63) is 30.3 Å². The molecule has 1 aromatic rings. The van der Waals surface area contributed by atoms with Crippen LogP contribution in [0.25, 0.3) is 0 Å². The zero-order valence-corrected chi connectivity index (χ0v) is 19.9. The fraction of sp³-hybridized carbons (Fsp3) is 0.500. The van der Waals surface area contributed by atoms with E-state index in [2.05, 4.69) is 0 Å². The molecule has 1 saturated heterocycles. The van der Waals surface area contributed by atoms with Crippen molar-refractivity contribution < 1.29 is 51.3 Å². The first-order chi connectivity index (χ1) is 15.4. The Morgan fingerprint density at radius 2 is 1.36 bits per heavy atom. The average molecular weight is 505 g/mol. The minimum absolute atomic E-state index is 0.146. The lowest BCUT2D eigenvalue weighted by Gasteiger charge is -2.43. The molecule has 11 nitrogen and oxygen atoms in total. The summed E-state index contributed by atoms with van der Waals surface area (Å²) < 4.78 is 45.2. The Kier molecular flexibility index (Phi) is 9.28. The molecular weight excluding hydrogens is 480 g/mol. The summed E-state index contributed by atoms with van der Waals surface area (Å²) in [6.45, 7) is 3.97. The number of esters is 4. The first kappa shape index (κ1) is 26.6. The van der Waals surface area contributed by atoms with E-state index in [9.17, 15) is 23.4 Å². The van der Waals surface area contributed by atoms with Gasteiger partial charge in [0.05, 0.1) is 4.90 Å². The Morgan fingerprint density at radius 3 is 1.88 bits per heavy atom. The van der Waals surface area contributed by atoms with Gasteiger partial charge in [0, 0.05) is 38.9 Å². The van der Waals surface area contributed by atoms with Crippen molar-refractivity contribution in [1.82, 2.24) is 0 Å². The Bertz CT molecular complexity index is 977. The van der Waals surface area contributed by atoms with Gasteiger partial charge in [0.25, 0.3) is 0 Å². The normalized spacial score (nSPS) is 26.4. The largest absolute Gasteiger partial charge is 0.463 e. The van der Waals surface area contributed by atoms with Gasteiger partial charge in [0.15, 0.2) is 27.1 Å². The van der Waals surface area contributed by atoms with Crippen molar-refractivity contribution in [3.8, 4) is 0 Å². The molecule has 0 saturated carbocycles. The SMILES string of the molecule is CC(=O)OC[C@H]1O[C@@H](OS(=O)(=S)c2ccccc2)[C@H](OC(C)=O)[C@@H](OC(C)=O)[C@@H]1OC(C)=O. The summed E-state index contributed by atoms with van der Waals surface area (Å²) in [4.78, 5) is 46.8. The first-order valence-electron chi connectivity index (χ1n) is 9.69. The highest BCUT2D eigenvalue weighted by molar-refractivity contribution is 8.30. The van der Waals surface area contributed by atoms with Crippen molar-refractivity contribution in [1.29, 1.82) is 0 Å². The number of benzene rings is 1. The molecule has 0 bridgehead atoms. The Labute approximate surface area is 195 Å². The molecule has 6 atom stereocenters. The van der Waals surface area contributed by atoms with Crippen LogP contribution in [0.3, 0.4) is 0 Å². The molecule has 0 aromatic heterocycles. The van der Waals surface area contributed by atoms with E-state index >= 15 is 0 Å². The van der Waals surface area contributed by atoms with Crippen molar-refractivity contribution >= 4 is 43.8 Å². The zero-order valence-electron chi connectivity index (χ0n) is 18.3. The molecule has 1 heterocycles. The van der Waals surface area contributed by atoms with Crippen LogP contribution in [0.1, 0.15) is 27.7 Å². The summed E-state index contributed by atoms with van der Waals surface area (Å²) in [5.74, 6) is -3.06. The topological polar surface area (TPSA) is 141 Å². The maximum absolute atomic E-state index is 13.1. The van der Waals surface area contributed by atoms with Crippen LogP contribution in [0.2, 0.25) is 0 Å². The Hall–Kier alpha value is -2.61. The molecule has 1 aliphatic heterocycles. The monoisotopic (exact) mass is 504 g/mol. The van der Waals surface area contributed by atoms with E-state index in [1.807, 2.05) is 0 Å². The molecule has 1 unspecified atom stereocenters. The summed E-state index contributed by atoms with van der Waals surface area (Å²) in [7, 11) is -3.61. The number of carbonyl (C=O) groups is 4. The fourth-order valence-corrected chi connectivity index (χ4v) is 4.61. The van der Waals surface area contributed by atoms with Gasteiger partial charge in [-0.15, -0.1) is 0 Å². The molecule has 1 fully saturated rings. The minimum Gasteiger partial charge on any atom is -0.463 e. The van der Waals surface area contributed by atoms with Crippen LogP contribution in [-0.2, 0) is 67.0 Å². The van der Waals surface area contributed by atoms with Crippen molar-refractivity contribution in [2.75, 3.05) is 6.61 Å². The van der Waals surface area contributed by atoms with Crippen molar-refractivity contribution in [2.24, 2.45) is 0 Å². The third-order valence-corrected chi connectivity index (χ3v) is 6.31. The van der Waals surface area contributed by atoms with Gasteiger partial charge in [-0.2, -0.15) is 0 Å². The number of rotatable bonds is 8. The van der Waals surface area contributed by atoms with Crippen molar-refractivity contribution in [3.63, 3.8) is 0 Å². The van der Waals surface area contributed by atoms with Crippen LogP contribution in [0.15, 0.2) is 35.2 Å². The van der Waals surface area contributed by atoms with E-state index in [0.717, 1.165) is 27.7 Å². The molecule has 0 spiro atoms. The van der Waals surface area contributed by atoms with Gasteiger partial charge in [0.1, 0.15) is 12.7 Å². The molecule has 13 heteroatoms. The quantitative estimate of drug-likeness (QED) is 0.365. The lowest BCUT2D eigenvalue weighted by Crippen LogP contribution is -2.63. The smallest absolute Gasteiger partial charge is 0.303 e. The highest BCUT2D eigenvalue weighted by atomic mass is 32.8. The minimum atomic E-state index is -3.61. The summed E-state index contributed by atoms with van der Waals surface area (Å²) in [6, 6.07) is 7.82. The third-order valence-electron chi connectivity index (χ3n) is 4.20. The first-order valence-corrected chi connectivity index (χ1v) is 12.1. The fourth-order valence-electron chi connectivity index (χ4n) is 3.03. The molecular formula is C20H24O11S2. The third kappa shape index (κ3) is 7.74. The van der Waals surface area contributed by atoms with E-state index in [4.69, 9.17) is 39.1 Å². The van der Waals surface area contributed by atoms with E-state index in [-0.39, 0.29) is 4.90 Å². The summed E-state index contributed by atoms with van der Waals surface area (Å²) in [5.41, 5.74) is 0. The maximum atomic E-state index is 13.1. The Morgan fingerprint density at radius 1 is 0.848 bits per heavy atom. The molecule has 1 aromatic carbocycles. The van der Waals surface area contributed by atoms with Gasteiger partial charge < -0.3 is 23.7 Å². The van der Waals surface area contributed by atoms with Crippen LogP contribution >= 0.6 is 0 Å². The van der Waals surface area contributed by atoms with Gasteiger partial charge in [0.2, 0.25) is 6.29 Å².